The van der Waals surface area contributed by atoms with Crippen molar-refractivity contribution in [3.8, 4) is 0 Å². The van der Waals surface area contributed by atoms with Gasteiger partial charge >= 0.3 is 5.97 Å². The first-order chi connectivity index (χ1) is 8.18. The monoisotopic (exact) mass is 240 g/mol. The van der Waals surface area contributed by atoms with Crippen LogP contribution in [0.4, 0.5) is 0 Å². The largest absolute Gasteiger partial charge is 0.480 e. The molecule has 5 heteroatoms. The zero-order chi connectivity index (χ0) is 12.3. The molecule has 1 aliphatic carbocycles. The molecule has 1 heterocycles. The predicted molar refractivity (Wildman–Crippen MR) is 62.6 cm³/mol. The number of piperazine rings is 1. The molecule has 2 fully saturated rings. The number of carbonyl (C=O) groups excluding carboxylic acids is 1. The van der Waals surface area contributed by atoms with E-state index in [1.54, 1.807) is 4.90 Å². The summed E-state index contributed by atoms with van der Waals surface area (Å²) in [7, 11) is 0. The van der Waals surface area contributed by atoms with Crippen LogP contribution in [0.1, 0.15) is 32.1 Å². The van der Waals surface area contributed by atoms with Gasteiger partial charge in [0.05, 0.1) is 0 Å². The van der Waals surface area contributed by atoms with Crippen molar-refractivity contribution in [1.29, 1.82) is 0 Å². The molecule has 0 radical (unpaired) electrons. The third-order valence-corrected chi connectivity index (χ3v) is 3.74. The van der Waals surface area contributed by atoms with Crippen molar-refractivity contribution >= 4 is 11.9 Å². The molecule has 0 aromatic carbocycles. The summed E-state index contributed by atoms with van der Waals surface area (Å²) in [5.74, 6) is -0.570. The second-order valence-corrected chi connectivity index (χ2v) is 4.96. The highest BCUT2D eigenvalue weighted by atomic mass is 16.4. The lowest BCUT2D eigenvalue weighted by atomic mass is 9.88. The van der Waals surface area contributed by atoms with Gasteiger partial charge in [0.1, 0.15) is 6.04 Å². The molecule has 17 heavy (non-hydrogen) atoms. The number of nitrogens with one attached hydrogen (secondary N) is 1. The van der Waals surface area contributed by atoms with E-state index in [1.165, 1.54) is 6.42 Å². The van der Waals surface area contributed by atoms with Crippen LogP contribution in [0.5, 0.6) is 0 Å². The lowest BCUT2D eigenvalue weighted by Gasteiger charge is -2.35. The van der Waals surface area contributed by atoms with Crippen LogP contribution in [-0.2, 0) is 9.59 Å². The first-order valence-electron chi connectivity index (χ1n) is 6.43. The predicted octanol–water partition coefficient (Wildman–Crippen LogP) is 0.452. The first-order valence-corrected chi connectivity index (χ1v) is 6.43. The van der Waals surface area contributed by atoms with Gasteiger partial charge in [0.2, 0.25) is 5.91 Å². The summed E-state index contributed by atoms with van der Waals surface area (Å²) in [6.45, 7) is 1.53. The van der Waals surface area contributed by atoms with Crippen LogP contribution in [0.3, 0.4) is 0 Å². The SMILES string of the molecule is O=C(O)C1CN(C(=O)C2CCCCC2)CCN1. The van der Waals surface area contributed by atoms with Gasteiger partial charge in [0.25, 0.3) is 0 Å². The fourth-order valence-electron chi connectivity index (χ4n) is 2.72. The number of carboxylic acid groups (broad SMARTS) is 1. The van der Waals surface area contributed by atoms with Crippen LogP contribution in [0, 0.1) is 5.92 Å². The molecule has 1 amide bonds. The van der Waals surface area contributed by atoms with Gasteiger partial charge in [0.15, 0.2) is 0 Å². The van der Waals surface area contributed by atoms with Crippen LogP contribution < -0.4 is 5.32 Å². The first kappa shape index (κ1) is 12.4. The van der Waals surface area contributed by atoms with E-state index in [9.17, 15) is 9.59 Å². The second kappa shape index (κ2) is 5.49. The molecule has 0 aromatic rings. The highest BCUT2D eigenvalue weighted by molar-refractivity contribution is 5.81. The van der Waals surface area contributed by atoms with Crippen LogP contribution in [0.25, 0.3) is 0 Å². The van der Waals surface area contributed by atoms with Gasteiger partial charge in [-0.3, -0.25) is 9.59 Å². The van der Waals surface area contributed by atoms with Crippen molar-refractivity contribution < 1.29 is 14.7 Å². The maximum absolute atomic E-state index is 12.2. The average Bonchev–Trinajstić information content (AvgIpc) is 2.39. The van der Waals surface area contributed by atoms with Crippen molar-refractivity contribution in [2.45, 2.75) is 38.1 Å². The van der Waals surface area contributed by atoms with Gasteiger partial charge in [-0.1, -0.05) is 19.3 Å². The molecule has 1 unspecified atom stereocenters. The van der Waals surface area contributed by atoms with Crippen LogP contribution in [-0.4, -0.2) is 47.6 Å². The topological polar surface area (TPSA) is 69.6 Å². The van der Waals surface area contributed by atoms with Gasteiger partial charge < -0.3 is 15.3 Å². The van der Waals surface area contributed by atoms with E-state index in [0.29, 0.717) is 19.6 Å². The van der Waals surface area contributed by atoms with E-state index >= 15 is 0 Å². The highest BCUT2D eigenvalue weighted by Crippen LogP contribution is 2.25. The van der Waals surface area contributed by atoms with Crippen molar-refractivity contribution in [2.75, 3.05) is 19.6 Å². The van der Waals surface area contributed by atoms with Gasteiger partial charge in [0, 0.05) is 25.6 Å². The summed E-state index contributed by atoms with van der Waals surface area (Å²) in [6.07, 6.45) is 5.43. The maximum Gasteiger partial charge on any atom is 0.322 e. The molecule has 1 saturated carbocycles. The lowest BCUT2D eigenvalue weighted by molar-refractivity contribution is -0.144. The molecular formula is C12H20N2O3. The summed E-state index contributed by atoms with van der Waals surface area (Å²) in [4.78, 5) is 24.9. The molecule has 1 atom stereocenters. The number of carboxylic acids is 1. The Labute approximate surface area is 101 Å². The zero-order valence-corrected chi connectivity index (χ0v) is 10.0. The third kappa shape index (κ3) is 2.97. The molecule has 0 spiro atoms. The van der Waals surface area contributed by atoms with E-state index in [1.807, 2.05) is 0 Å². The third-order valence-electron chi connectivity index (χ3n) is 3.74. The standard InChI is InChI=1S/C12H20N2O3/c15-11(9-4-2-1-3-5-9)14-7-6-13-10(8-14)12(16)17/h9-10,13H,1-8H2,(H,16,17). The molecule has 0 aromatic heterocycles. The molecule has 1 aliphatic heterocycles. The number of hydrogen-bond donors (Lipinski definition) is 2. The Morgan fingerprint density at radius 1 is 1.18 bits per heavy atom. The molecule has 0 bridgehead atoms. The molecule has 5 nitrogen and oxygen atoms in total. The Morgan fingerprint density at radius 2 is 1.88 bits per heavy atom. The van der Waals surface area contributed by atoms with Crippen molar-refractivity contribution in [3.05, 3.63) is 0 Å². The van der Waals surface area contributed by atoms with Crippen LogP contribution in [0.2, 0.25) is 0 Å². The van der Waals surface area contributed by atoms with E-state index in [4.69, 9.17) is 5.11 Å². The Hall–Kier alpha value is -1.10. The molecule has 2 rings (SSSR count). The minimum atomic E-state index is -0.869. The van der Waals surface area contributed by atoms with E-state index in [-0.39, 0.29) is 11.8 Å². The smallest absolute Gasteiger partial charge is 0.322 e. The van der Waals surface area contributed by atoms with Gasteiger partial charge in [-0.15, -0.1) is 0 Å². The number of hydrogen-bond acceptors (Lipinski definition) is 3. The van der Waals surface area contributed by atoms with E-state index in [0.717, 1.165) is 25.7 Å². The second-order valence-electron chi connectivity index (χ2n) is 4.96. The van der Waals surface area contributed by atoms with Crippen molar-refractivity contribution in [3.63, 3.8) is 0 Å². The van der Waals surface area contributed by atoms with Crippen LogP contribution in [0.15, 0.2) is 0 Å². The minimum absolute atomic E-state index is 0.135. The lowest BCUT2D eigenvalue weighted by Crippen LogP contribution is -2.56. The number of nitrogens with zero attached hydrogens (tertiary/aromatic N) is 1. The van der Waals surface area contributed by atoms with Gasteiger partial charge in [-0.25, -0.2) is 0 Å². The van der Waals surface area contributed by atoms with Crippen molar-refractivity contribution in [1.82, 2.24) is 10.2 Å². The normalized spacial score (nSPS) is 26.8. The Bertz CT molecular complexity index is 300. The number of rotatable bonds is 2. The number of carbonyl (C=O) groups is 2. The summed E-state index contributed by atoms with van der Waals surface area (Å²) < 4.78 is 0. The minimum Gasteiger partial charge on any atom is -0.480 e. The zero-order valence-electron chi connectivity index (χ0n) is 10.0. The summed E-state index contributed by atoms with van der Waals surface area (Å²) >= 11 is 0. The Balaban J connectivity index is 1.91. The summed E-state index contributed by atoms with van der Waals surface area (Å²) in [5.41, 5.74) is 0. The Kier molecular flexibility index (Phi) is 3.99. The molecule has 96 valence electrons. The number of amides is 1. The van der Waals surface area contributed by atoms with Gasteiger partial charge in [-0.05, 0) is 12.8 Å². The summed E-state index contributed by atoms with van der Waals surface area (Å²) in [5, 5.41) is 11.9. The Morgan fingerprint density at radius 3 is 2.53 bits per heavy atom. The molecule has 2 aliphatic rings. The molecular weight excluding hydrogens is 220 g/mol. The average molecular weight is 240 g/mol. The number of aliphatic carboxylic acids is 1. The van der Waals surface area contributed by atoms with Crippen LogP contribution >= 0.6 is 0 Å². The summed E-state index contributed by atoms with van der Waals surface area (Å²) in [6, 6.07) is -0.601. The highest BCUT2D eigenvalue weighted by Gasteiger charge is 2.31. The fraction of sp³-hybridized carbons (Fsp3) is 0.833. The molecule has 1 saturated heterocycles. The van der Waals surface area contributed by atoms with E-state index in [2.05, 4.69) is 5.32 Å². The quantitative estimate of drug-likeness (QED) is 0.735. The van der Waals surface area contributed by atoms with Crippen molar-refractivity contribution in [2.24, 2.45) is 5.92 Å². The van der Waals surface area contributed by atoms with Gasteiger partial charge in [-0.2, -0.15) is 0 Å². The van der Waals surface area contributed by atoms with E-state index < -0.39 is 12.0 Å². The fourth-order valence-corrected chi connectivity index (χ4v) is 2.72. The maximum atomic E-state index is 12.2. The molecule has 2 N–H and O–H groups in total.